The van der Waals surface area contributed by atoms with Gasteiger partial charge in [-0.25, -0.2) is 4.98 Å². The van der Waals surface area contributed by atoms with Crippen molar-refractivity contribution in [2.45, 2.75) is 26.8 Å². The largest absolute Gasteiger partial charge is 0.331 e. The van der Waals surface area contributed by atoms with E-state index in [0.717, 1.165) is 22.4 Å². The molecule has 0 spiro atoms. The van der Waals surface area contributed by atoms with E-state index in [-0.39, 0.29) is 6.04 Å². The van der Waals surface area contributed by atoms with Crippen LogP contribution in [0.4, 0.5) is 0 Å². The molecule has 1 heterocycles. The quantitative estimate of drug-likeness (QED) is 0.884. The molecular weight excluding hydrogens is 236 g/mol. The Kier molecular flexibility index (Phi) is 3.92. The highest BCUT2D eigenvalue weighted by atomic mass is 15.0. The van der Waals surface area contributed by atoms with Crippen molar-refractivity contribution in [3.8, 4) is 0 Å². The number of nitrogens with zero attached hydrogens (tertiary/aromatic N) is 2. The van der Waals surface area contributed by atoms with Crippen LogP contribution in [0.3, 0.4) is 0 Å². The highest BCUT2D eigenvalue weighted by Crippen LogP contribution is 2.27. The monoisotopic (exact) mass is 260 g/mol. The lowest BCUT2D eigenvalue weighted by atomic mass is 9.85. The van der Waals surface area contributed by atoms with Crippen molar-refractivity contribution >= 4 is 11.0 Å². The Bertz CT molecular complexity index is 571. The molecule has 19 heavy (non-hydrogen) atoms. The third kappa shape index (κ3) is 2.51. The summed E-state index contributed by atoms with van der Waals surface area (Å²) in [7, 11) is 2.03. The fraction of sp³-hybridized carbons (Fsp3) is 0.533. The van der Waals surface area contributed by atoms with Gasteiger partial charge in [0.2, 0.25) is 0 Å². The van der Waals surface area contributed by atoms with Gasteiger partial charge in [-0.1, -0.05) is 19.9 Å². The van der Waals surface area contributed by atoms with Crippen LogP contribution in [-0.4, -0.2) is 16.1 Å². The summed E-state index contributed by atoms with van der Waals surface area (Å²) in [6.45, 7) is 6.95. The van der Waals surface area contributed by atoms with Crippen molar-refractivity contribution in [2.24, 2.45) is 30.4 Å². The van der Waals surface area contributed by atoms with Crippen molar-refractivity contribution in [2.75, 3.05) is 6.54 Å². The number of aromatic nitrogens is 2. The Morgan fingerprint density at radius 2 is 2.00 bits per heavy atom. The number of benzene rings is 1. The molecule has 0 bridgehead atoms. The first-order valence-electron chi connectivity index (χ1n) is 6.84. The average molecular weight is 260 g/mol. The minimum absolute atomic E-state index is 0.0308. The molecule has 0 fully saturated rings. The number of hydrogen-bond donors (Lipinski definition) is 2. The summed E-state index contributed by atoms with van der Waals surface area (Å²) in [5, 5.41) is 0. The van der Waals surface area contributed by atoms with Gasteiger partial charge >= 0.3 is 0 Å². The van der Waals surface area contributed by atoms with Crippen LogP contribution in [0.15, 0.2) is 18.2 Å². The lowest BCUT2D eigenvalue weighted by Gasteiger charge is -2.26. The summed E-state index contributed by atoms with van der Waals surface area (Å²) in [6.07, 6.45) is 0. The van der Waals surface area contributed by atoms with Crippen molar-refractivity contribution in [1.82, 2.24) is 9.55 Å². The van der Waals surface area contributed by atoms with Crippen LogP contribution < -0.4 is 11.5 Å². The van der Waals surface area contributed by atoms with Crippen LogP contribution >= 0.6 is 0 Å². The highest BCUT2D eigenvalue weighted by molar-refractivity contribution is 5.76. The molecule has 0 aliphatic rings. The second-order valence-electron chi connectivity index (χ2n) is 5.64. The molecule has 4 N–H and O–H groups in total. The second-order valence-corrected chi connectivity index (χ2v) is 5.64. The first-order valence-corrected chi connectivity index (χ1v) is 6.84. The second kappa shape index (κ2) is 5.31. The van der Waals surface area contributed by atoms with Gasteiger partial charge in [-0.15, -0.1) is 0 Å². The molecule has 0 saturated carbocycles. The molecule has 4 heteroatoms. The predicted molar refractivity (Wildman–Crippen MR) is 79.8 cm³/mol. The summed E-state index contributed by atoms with van der Waals surface area (Å²) in [6, 6.07) is 6.26. The van der Waals surface area contributed by atoms with Crippen molar-refractivity contribution < 1.29 is 0 Å². The first-order chi connectivity index (χ1) is 8.95. The van der Waals surface area contributed by atoms with Gasteiger partial charge in [0.05, 0.1) is 11.0 Å². The van der Waals surface area contributed by atoms with E-state index in [4.69, 9.17) is 11.5 Å². The molecular formula is C15H24N4. The Morgan fingerprint density at radius 1 is 1.32 bits per heavy atom. The molecule has 1 aromatic heterocycles. The first kappa shape index (κ1) is 14.0. The zero-order valence-corrected chi connectivity index (χ0v) is 12.2. The fourth-order valence-electron chi connectivity index (χ4n) is 2.63. The topological polar surface area (TPSA) is 69.9 Å². The summed E-state index contributed by atoms with van der Waals surface area (Å²) < 4.78 is 2.09. The average Bonchev–Trinajstić information content (AvgIpc) is 2.65. The highest BCUT2D eigenvalue weighted by Gasteiger charge is 2.22. The predicted octanol–water partition coefficient (Wildman–Crippen LogP) is 2.11. The lowest BCUT2D eigenvalue weighted by molar-refractivity contribution is 0.331. The summed E-state index contributed by atoms with van der Waals surface area (Å²) in [5.74, 6) is 1.78. The molecule has 0 saturated heterocycles. The van der Waals surface area contributed by atoms with Gasteiger partial charge in [-0.2, -0.15) is 0 Å². The normalized spacial score (nSPS) is 15.1. The van der Waals surface area contributed by atoms with E-state index in [1.165, 1.54) is 0 Å². The smallest absolute Gasteiger partial charge is 0.106 e. The van der Waals surface area contributed by atoms with Gasteiger partial charge in [-0.3, -0.25) is 0 Å². The molecule has 2 unspecified atom stereocenters. The van der Waals surface area contributed by atoms with Gasteiger partial charge in [-0.05, 0) is 43.0 Å². The zero-order chi connectivity index (χ0) is 14.2. The SMILES string of the molecule is Cc1nc2cc(C(N)C(CN)C(C)C)ccc2n1C. The van der Waals surface area contributed by atoms with E-state index in [1.54, 1.807) is 0 Å². The van der Waals surface area contributed by atoms with E-state index in [1.807, 2.05) is 14.0 Å². The molecule has 104 valence electrons. The molecule has 1 aromatic carbocycles. The zero-order valence-electron chi connectivity index (χ0n) is 12.2. The molecule has 0 radical (unpaired) electrons. The maximum absolute atomic E-state index is 6.37. The lowest BCUT2D eigenvalue weighted by Crippen LogP contribution is -2.31. The molecule has 2 rings (SSSR count). The Balaban J connectivity index is 2.40. The Labute approximate surface area is 114 Å². The minimum atomic E-state index is -0.0308. The number of fused-ring (bicyclic) bond motifs is 1. The number of aryl methyl sites for hydroxylation is 2. The van der Waals surface area contributed by atoms with Crippen LogP contribution in [0.2, 0.25) is 0 Å². The van der Waals surface area contributed by atoms with Crippen LogP contribution in [0.25, 0.3) is 11.0 Å². The molecule has 0 amide bonds. The number of hydrogen-bond acceptors (Lipinski definition) is 3. The van der Waals surface area contributed by atoms with Gasteiger partial charge in [0.1, 0.15) is 5.82 Å². The van der Waals surface area contributed by atoms with Crippen LogP contribution in [0.5, 0.6) is 0 Å². The van der Waals surface area contributed by atoms with E-state index in [9.17, 15) is 0 Å². The molecule has 0 aliphatic carbocycles. The third-order valence-corrected chi connectivity index (χ3v) is 4.10. The van der Waals surface area contributed by atoms with E-state index < -0.39 is 0 Å². The van der Waals surface area contributed by atoms with E-state index in [0.29, 0.717) is 18.4 Å². The molecule has 2 atom stereocenters. The van der Waals surface area contributed by atoms with Crippen LogP contribution in [0.1, 0.15) is 31.3 Å². The van der Waals surface area contributed by atoms with Gasteiger partial charge in [0.25, 0.3) is 0 Å². The van der Waals surface area contributed by atoms with Gasteiger partial charge in [0, 0.05) is 13.1 Å². The van der Waals surface area contributed by atoms with Gasteiger partial charge < -0.3 is 16.0 Å². The number of nitrogens with two attached hydrogens (primary N) is 2. The molecule has 4 nitrogen and oxygen atoms in total. The van der Waals surface area contributed by atoms with Crippen molar-refractivity contribution in [3.05, 3.63) is 29.6 Å². The molecule has 0 aliphatic heterocycles. The number of imidazole rings is 1. The summed E-state index contributed by atoms with van der Waals surface area (Å²) >= 11 is 0. The van der Waals surface area contributed by atoms with Crippen LogP contribution in [-0.2, 0) is 7.05 Å². The maximum Gasteiger partial charge on any atom is 0.106 e. The third-order valence-electron chi connectivity index (χ3n) is 4.10. The van der Waals surface area contributed by atoms with Crippen molar-refractivity contribution in [1.29, 1.82) is 0 Å². The maximum atomic E-state index is 6.37. The molecule has 2 aromatic rings. The Hall–Kier alpha value is -1.39. The standard InChI is InChI=1S/C15H24N4/c1-9(2)12(8-16)15(17)11-5-6-14-13(7-11)18-10(3)19(14)4/h5-7,9,12,15H,8,16-17H2,1-4H3. The summed E-state index contributed by atoms with van der Waals surface area (Å²) in [5.41, 5.74) is 15.5. The van der Waals surface area contributed by atoms with E-state index >= 15 is 0 Å². The number of rotatable bonds is 4. The summed E-state index contributed by atoms with van der Waals surface area (Å²) in [4.78, 5) is 4.56. The van der Waals surface area contributed by atoms with Crippen molar-refractivity contribution in [3.63, 3.8) is 0 Å². The van der Waals surface area contributed by atoms with E-state index in [2.05, 4.69) is 41.6 Å². The minimum Gasteiger partial charge on any atom is -0.331 e. The van der Waals surface area contributed by atoms with Crippen LogP contribution in [0, 0.1) is 18.8 Å². The fourth-order valence-corrected chi connectivity index (χ4v) is 2.63. The Morgan fingerprint density at radius 3 is 2.58 bits per heavy atom. The van der Waals surface area contributed by atoms with Gasteiger partial charge in [0.15, 0.2) is 0 Å².